The second kappa shape index (κ2) is 14.3. The summed E-state index contributed by atoms with van der Waals surface area (Å²) in [5, 5.41) is 6.29. The lowest BCUT2D eigenvalue weighted by Crippen LogP contribution is -2.38. The van der Waals surface area contributed by atoms with Gasteiger partial charge in [-0.15, -0.1) is 0 Å². The van der Waals surface area contributed by atoms with Gasteiger partial charge in [-0.1, -0.05) is 84.9 Å². The predicted octanol–water partition coefficient (Wildman–Crippen LogP) is 5.47. The lowest BCUT2D eigenvalue weighted by molar-refractivity contribution is -0.116. The normalized spacial score (nSPS) is 15.1. The van der Waals surface area contributed by atoms with Gasteiger partial charge in [0.15, 0.2) is 0 Å². The number of hydrogen-bond donors (Lipinski definition) is 2. The third kappa shape index (κ3) is 7.18. The van der Waals surface area contributed by atoms with E-state index < -0.39 is 5.92 Å². The maximum atomic E-state index is 13.8. The van der Waals surface area contributed by atoms with Crippen molar-refractivity contribution < 1.29 is 14.3 Å². The van der Waals surface area contributed by atoms with Crippen LogP contribution in [0.25, 0.3) is 0 Å². The summed E-state index contributed by atoms with van der Waals surface area (Å²) in [4.78, 5) is 32.2. The summed E-state index contributed by atoms with van der Waals surface area (Å²) in [5.74, 6) is -0.744. The Labute approximate surface area is 259 Å². The quantitative estimate of drug-likeness (QED) is 0.240. The summed E-state index contributed by atoms with van der Waals surface area (Å²) in [6.45, 7) is 6.47. The topological polar surface area (TPSA) is 73.9 Å². The molecule has 2 N–H and O–H groups in total. The Bertz CT molecular complexity index is 1510. The van der Waals surface area contributed by atoms with Gasteiger partial charge in [-0.05, 0) is 59.8 Å². The van der Waals surface area contributed by atoms with Gasteiger partial charge < -0.3 is 20.3 Å². The third-order valence-corrected chi connectivity index (χ3v) is 8.55. The number of ether oxygens (including phenoxy) is 1. The molecule has 2 heterocycles. The Balaban J connectivity index is 1.23. The maximum Gasteiger partial charge on any atom is 0.253 e. The SMILES string of the molecule is O=C(NCCCN1CCOCC1)c1cc(NC(=O)C(c2ccccc2)c2ccccc2)ccc1N1CCc2ccccc2C1. The molecule has 2 amide bonds. The number of nitrogens with zero attached hydrogens (tertiary/aromatic N) is 2. The fourth-order valence-electron chi connectivity index (χ4n) is 6.20. The van der Waals surface area contributed by atoms with Crippen molar-refractivity contribution in [3.63, 3.8) is 0 Å². The molecule has 0 saturated carbocycles. The molecule has 0 radical (unpaired) electrons. The fourth-order valence-corrected chi connectivity index (χ4v) is 6.20. The van der Waals surface area contributed by atoms with Crippen molar-refractivity contribution in [3.8, 4) is 0 Å². The van der Waals surface area contributed by atoms with Gasteiger partial charge in [-0.2, -0.15) is 0 Å². The molecule has 0 atom stereocenters. The van der Waals surface area contributed by atoms with Crippen LogP contribution >= 0.6 is 0 Å². The number of nitrogens with one attached hydrogen (secondary N) is 2. The Morgan fingerprint density at radius 1 is 0.773 bits per heavy atom. The molecular formula is C37H40N4O3. The standard InChI is InChI=1S/C37H40N4O3/c42-36(38-19-9-20-40-22-24-44-25-23-40)33-26-32(16-17-34(33)41-21-18-28-10-7-8-15-31(28)27-41)39-37(43)35(29-11-3-1-4-12-29)30-13-5-2-6-14-30/h1-8,10-17,26,35H,9,18-25,27H2,(H,38,42)(H,39,43). The van der Waals surface area contributed by atoms with Crippen LogP contribution in [0, 0.1) is 0 Å². The number of benzene rings is 4. The zero-order valence-electron chi connectivity index (χ0n) is 25.1. The molecule has 226 valence electrons. The Kier molecular flexibility index (Phi) is 9.65. The van der Waals surface area contributed by atoms with E-state index in [9.17, 15) is 9.59 Å². The van der Waals surface area contributed by atoms with E-state index in [-0.39, 0.29) is 11.8 Å². The number of carbonyl (C=O) groups excluding carboxylic acids is 2. The van der Waals surface area contributed by atoms with Crippen LogP contribution in [-0.2, 0) is 22.5 Å². The highest BCUT2D eigenvalue weighted by Crippen LogP contribution is 2.31. The number of amides is 2. The van der Waals surface area contributed by atoms with Gasteiger partial charge in [0, 0.05) is 44.1 Å². The highest BCUT2D eigenvalue weighted by atomic mass is 16.5. The summed E-state index contributed by atoms with van der Waals surface area (Å²) in [7, 11) is 0. The summed E-state index contributed by atoms with van der Waals surface area (Å²) in [6, 6.07) is 33.8. The van der Waals surface area contributed by atoms with Crippen molar-refractivity contribution in [2.75, 3.05) is 56.2 Å². The molecule has 2 aliphatic heterocycles. The molecule has 0 unspecified atom stereocenters. The number of rotatable bonds is 10. The van der Waals surface area contributed by atoms with E-state index in [0.29, 0.717) is 17.8 Å². The largest absolute Gasteiger partial charge is 0.379 e. The third-order valence-electron chi connectivity index (χ3n) is 8.55. The molecule has 7 heteroatoms. The van der Waals surface area contributed by atoms with Crippen LogP contribution in [0.2, 0.25) is 0 Å². The molecule has 4 aromatic rings. The van der Waals surface area contributed by atoms with Crippen LogP contribution in [0.1, 0.15) is 45.0 Å². The van der Waals surface area contributed by atoms with Gasteiger partial charge in [-0.25, -0.2) is 0 Å². The van der Waals surface area contributed by atoms with Crippen molar-refractivity contribution in [1.82, 2.24) is 10.2 Å². The molecule has 0 bridgehead atoms. The molecular weight excluding hydrogens is 548 g/mol. The zero-order chi connectivity index (χ0) is 30.1. The van der Waals surface area contributed by atoms with Crippen LogP contribution in [0.5, 0.6) is 0 Å². The fraction of sp³-hybridized carbons (Fsp3) is 0.297. The minimum atomic E-state index is -0.479. The van der Waals surface area contributed by atoms with Crippen molar-refractivity contribution in [2.24, 2.45) is 0 Å². The molecule has 6 rings (SSSR count). The Hall–Kier alpha value is -4.46. The van der Waals surface area contributed by atoms with Crippen LogP contribution in [-0.4, -0.2) is 62.7 Å². The Morgan fingerprint density at radius 2 is 1.43 bits per heavy atom. The monoisotopic (exact) mass is 588 g/mol. The molecule has 7 nitrogen and oxygen atoms in total. The lowest BCUT2D eigenvalue weighted by Gasteiger charge is -2.32. The summed E-state index contributed by atoms with van der Waals surface area (Å²) >= 11 is 0. The van der Waals surface area contributed by atoms with E-state index >= 15 is 0 Å². The first kappa shape index (κ1) is 29.6. The minimum absolute atomic E-state index is 0.125. The molecule has 0 aliphatic carbocycles. The lowest BCUT2D eigenvalue weighted by atomic mass is 9.90. The number of anilines is 2. The average molecular weight is 589 g/mol. The van der Waals surface area contributed by atoms with Gasteiger partial charge in [0.2, 0.25) is 5.91 Å². The summed E-state index contributed by atoms with van der Waals surface area (Å²) < 4.78 is 5.45. The molecule has 0 aromatic heterocycles. The second-order valence-electron chi connectivity index (χ2n) is 11.5. The van der Waals surface area contributed by atoms with Crippen molar-refractivity contribution >= 4 is 23.2 Å². The first-order chi connectivity index (χ1) is 21.7. The number of morpholine rings is 1. The van der Waals surface area contributed by atoms with Crippen LogP contribution < -0.4 is 15.5 Å². The van der Waals surface area contributed by atoms with Crippen LogP contribution in [0.15, 0.2) is 103 Å². The number of hydrogen-bond acceptors (Lipinski definition) is 5. The van der Waals surface area contributed by atoms with E-state index in [1.54, 1.807) is 0 Å². The van der Waals surface area contributed by atoms with Crippen molar-refractivity contribution in [2.45, 2.75) is 25.3 Å². The van der Waals surface area contributed by atoms with E-state index in [4.69, 9.17) is 4.74 Å². The van der Waals surface area contributed by atoms with Gasteiger partial charge in [0.25, 0.3) is 5.91 Å². The molecule has 4 aromatic carbocycles. The van der Waals surface area contributed by atoms with E-state index in [1.807, 2.05) is 78.9 Å². The van der Waals surface area contributed by atoms with Crippen molar-refractivity contribution in [1.29, 1.82) is 0 Å². The van der Waals surface area contributed by atoms with E-state index in [0.717, 1.165) is 75.6 Å². The molecule has 0 spiro atoms. The average Bonchev–Trinajstić information content (AvgIpc) is 3.08. The Morgan fingerprint density at radius 3 is 2.14 bits per heavy atom. The van der Waals surface area contributed by atoms with E-state index in [1.165, 1.54) is 11.1 Å². The second-order valence-corrected chi connectivity index (χ2v) is 11.5. The van der Waals surface area contributed by atoms with E-state index in [2.05, 4.69) is 44.7 Å². The van der Waals surface area contributed by atoms with Crippen LogP contribution in [0.4, 0.5) is 11.4 Å². The maximum absolute atomic E-state index is 13.8. The van der Waals surface area contributed by atoms with Crippen molar-refractivity contribution in [3.05, 3.63) is 131 Å². The smallest absolute Gasteiger partial charge is 0.253 e. The predicted molar refractivity (Wildman–Crippen MR) is 175 cm³/mol. The molecule has 1 fully saturated rings. The highest BCUT2D eigenvalue weighted by molar-refractivity contribution is 6.03. The van der Waals surface area contributed by atoms with Gasteiger partial charge >= 0.3 is 0 Å². The summed E-state index contributed by atoms with van der Waals surface area (Å²) in [5.41, 5.74) is 6.52. The molecule has 1 saturated heterocycles. The minimum Gasteiger partial charge on any atom is -0.379 e. The summed E-state index contributed by atoms with van der Waals surface area (Å²) in [6.07, 6.45) is 1.79. The molecule has 44 heavy (non-hydrogen) atoms. The number of fused-ring (bicyclic) bond motifs is 1. The van der Waals surface area contributed by atoms with Gasteiger partial charge in [0.1, 0.15) is 0 Å². The highest BCUT2D eigenvalue weighted by Gasteiger charge is 2.25. The van der Waals surface area contributed by atoms with Crippen LogP contribution in [0.3, 0.4) is 0 Å². The first-order valence-corrected chi connectivity index (χ1v) is 15.6. The molecule has 2 aliphatic rings. The van der Waals surface area contributed by atoms with Gasteiger partial charge in [-0.3, -0.25) is 14.5 Å². The number of carbonyl (C=O) groups is 2. The van der Waals surface area contributed by atoms with Gasteiger partial charge in [0.05, 0.1) is 24.7 Å². The zero-order valence-corrected chi connectivity index (χ0v) is 25.1. The first-order valence-electron chi connectivity index (χ1n) is 15.6.